The van der Waals surface area contributed by atoms with Crippen molar-refractivity contribution in [3.8, 4) is 0 Å². The molecule has 9 nitrogen and oxygen atoms in total. The van der Waals surface area contributed by atoms with Gasteiger partial charge in [0.25, 0.3) is 7.82 Å². The molecule has 2 unspecified atom stereocenters. The maximum atomic E-state index is 12.9. The molecule has 88 heavy (non-hydrogen) atoms. The molecule has 0 saturated carbocycles. The number of hydrogen-bond acceptors (Lipinski definition) is 8. The first-order valence-corrected chi connectivity index (χ1v) is 37.4. The van der Waals surface area contributed by atoms with Crippen LogP contribution >= 0.6 is 7.82 Å². The minimum atomic E-state index is -4.65. The minimum absolute atomic E-state index is 0.0364. The van der Waals surface area contributed by atoms with Gasteiger partial charge in [0, 0.05) is 12.8 Å². The Morgan fingerprint density at radius 3 is 0.966 bits per heavy atom. The fourth-order valence-electron chi connectivity index (χ4n) is 9.68. The lowest BCUT2D eigenvalue weighted by molar-refractivity contribution is -0.870. The van der Waals surface area contributed by atoms with Gasteiger partial charge < -0.3 is 27.9 Å². The number of ether oxygens (including phenoxy) is 2. The highest BCUT2D eigenvalue weighted by atomic mass is 31.2. The van der Waals surface area contributed by atoms with Crippen LogP contribution < -0.4 is 4.89 Å². The van der Waals surface area contributed by atoms with E-state index in [1.54, 1.807) is 0 Å². The van der Waals surface area contributed by atoms with Crippen molar-refractivity contribution < 1.29 is 42.1 Å². The Balaban J connectivity index is 4.08. The van der Waals surface area contributed by atoms with Crippen LogP contribution in [0.1, 0.15) is 296 Å². The molecule has 0 aliphatic carbocycles. The lowest BCUT2D eigenvalue weighted by atomic mass is 10.0. The standard InChI is InChI=1S/C78H134NO8P/c1-6-8-10-12-14-16-18-20-22-24-26-28-30-32-33-34-35-36-37-38-39-40-41-42-43-44-45-47-49-51-53-55-57-59-61-63-65-67-69-71-78(81)87-76(75-86-88(82,83)85-73-72-79(3,4)5)74-84-77(80)70-68-66-64-62-60-58-56-54-52-50-48-46-31-29-27-25-23-21-19-17-15-13-11-9-7-2/h8,10,14,16,19-22,25-28,32-33,35-36,38-39,41-42,44-45,76H,6-7,9,11-13,15,17-18,23-24,29-31,34,37,40,43,46-75H2,1-5H3/b10-8-,16-14-,21-19-,22-20-,27-25-,28-26-,33-32-,36-35-,39-38-,42-41-,45-44-. The van der Waals surface area contributed by atoms with Crippen molar-refractivity contribution >= 4 is 19.8 Å². The van der Waals surface area contributed by atoms with Crippen molar-refractivity contribution in [1.29, 1.82) is 0 Å². The average molecular weight is 1240 g/mol. The summed E-state index contributed by atoms with van der Waals surface area (Å²) in [5, 5.41) is 0. The summed E-state index contributed by atoms with van der Waals surface area (Å²) in [5.74, 6) is -0.836. The molecule has 2 atom stereocenters. The molecule has 0 aromatic rings. The van der Waals surface area contributed by atoms with Gasteiger partial charge in [-0.2, -0.15) is 0 Å². The van der Waals surface area contributed by atoms with E-state index >= 15 is 0 Å². The number of hydrogen-bond donors (Lipinski definition) is 0. The third-order valence-electron chi connectivity index (χ3n) is 15.2. The van der Waals surface area contributed by atoms with E-state index < -0.39 is 26.5 Å². The van der Waals surface area contributed by atoms with Crippen molar-refractivity contribution in [2.75, 3.05) is 47.5 Å². The monoisotopic (exact) mass is 1240 g/mol. The molecule has 504 valence electrons. The maximum Gasteiger partial charge on any atom is 0.306 e. The largest absolute Gasteiger partial charge is 0.756 e. The first kappa shape index (κ1) is 84.2. The van der Waals surface area contributed by atoms with Gasteiger partial charge >= 0.3 is 11.9 Å². The summed E-state index contributed by atoms with van der Waals surface area (Å²) < 4.78 is 34.3. The second-order valence-corrected chi connectivity index (χ2v) is 26.3. The molecule has 10 heteroatoms. The van der Waals surface area contributed by atoms with Crippen LogP contribution in [0.4, 0.5) is 0 Å². The van der Waals surface area contributed by atoms with E-state index in [-0.39, 0.29) is 32.0 Å². The number of allylic oxidation sites excluding steroid dienone is 22. The molecular weight excluding hydrogens is 1110 g/mol. The highest BCUT2D eigenvalue weighted by Crippen LogP contribution is 2.38. The summed E-state index contributed by atoms with van der Waals surface area (Å²) in [6.45, 7) is 4.13. The normalized spacial score (nSPS) is 13.9. The number of carbonyl (C=O) groups excluding carboxylic acids is 2. The van der Waals surface area contributed by atoms with Gasteiger partial charge in [0.2, 0.25) is 0 Å². The second kappa shape index (κ2) is 67.5. The van der Waals surface area contributed by atoms with Gasteiger partial charge in [-0.15, -0.1) is 0 Å². The number of quaternary nitrogens is 1. The third-order valence-corrected chi connectivity index (χ3v) is 16.1. The van der Waals surface area contributed by atoms with Crippen molar-refractivity contribution in [2.45, 2.75) is 302 Å². The predicted molar refractivity (Wildman–Crippen MR) is 378 cm³/mol. The summed E-state index contributed by atoms with van der Waals surface area (Å²) in [5.41, 5.74) is 0. The third kappa shape index (κ3) is 71.2. The highest BCUT2D eigenvalue weighted by molar-refractivity contribution is 7.45. The maximum absolute atomic E-state index is 12.9. The number of phosphoric acid groups is 1. The van der Waals surface area contributed by atoms with Crippen molar-refractivity contribution in [3.05, 3.63) is 134 Å². The molecule has 0 fully saturated rings. The molecule has 0 amide bonds. The number of carbonyl (C=O) groups is 2. The quantitative estimate of drug-likeness (QED) is 0.0195. The molecule has 0 N–H and O–H groups in total. The van der Waals surface area contributed by atoms with Gasteiger partial charge in [0.1, 0.15) is 19.8 Å². The zero-order valence-electron chi connectivity index (χ0n) is 57.4. The average Bonchev–Trinajstić information content (AvgIpc) is 3.68. The van der Waals surface area contributed by atoms with Crippen LogP contribution in [0, 0.1) is 0 Å². The lowest BCUT2D eigenvalue weighted by Crippen LogP contribution is -2.37. The molecule has 0 radical (unpaired) electrons. The van der Waals surface area contributed by atoms with Gasteiger partial charge in [-0.3, -0.25) is 14.2 Å². The van der Waals surface area contributed by atoms with Gasteiger partial charge in [0.05, 0.1) is 27.7 Å². The van der Waals surface area contributed by atoms with E-state index in [2.05, 4.69) is 148 Å². The van der Waals surface area contributed by atoms with Crippen molar-refractivity contribution in [3.63, 3.8) is 0 Å². The number of esters is 2. The van der Waals surface area contributed by atoms with E-state index in [9.17, 15) is 19.0 Å². The Kier molecular flexibility index (Phi) is 64.6. The lowest BCUT2D eigenvalue weighted by Gasteiger charge is -2.28. The van der Waals surface area contributed by atoms with Gasteiger partial charge in [-0.05, 0) is 116 Å². The Bertz CT molecular complexity index is 1950. The molecule has 0 rings (SSSR count). The number of rotatable bonds is 65. The van der Waals surface area contributed by atoms with Gasteiger partial charge in [-0.25, -0.2) is 0 Å². The van der Waals surface area contributed by atoms with E-state index in [0.29, 0.717) is 17.4 Å². The van der Waals surface area contributed by atoms with Crippen LogP contribution in [0.5, 0.6) is 0 Å². The predicted octanol–water partition coefficient (Wildman–Crippen LogP) is 23.0. The Morgan fingerprint density at radius 2 is 0.648 bits per heavy atom. The Morgan fingerprint density at radius 1 is 0.364 bits per heavy atom. The summed E-state index contributed by atoms with van der Waals surface area (Å²) in [6.07, 6.45) is 98.1. The van der Waals surface area contributed by atoms with Crippen LogP contribution in [-0.2, 0) is 32.7 Å². The summed E-state index contributed by atoms with van der Waals surface area (Å²) in [4.78, 5) is 38.1. The molecule has 0 heterocycles. The summed E-state index contributed by atoms with van der Waals surface area (Å²) in [7, 11) is 1.16. The van der Waals surface area contributed by atoms with E-state index in [0.717, 1.165) is 109 Å². The van der Waals surface area contributed by atoms with Crippen LogP contribution in [-0.4, -0.2) is 70.0 Å². The molecule has 0 aromatic carbocycles. The zero-order chi connectivity index (χ0) is 64.1. The topological polar surface area (TPSA) is 111 Å². The Hall–Kier alpha value is -3.85. The molecular formula is C78H134NO8P. The number of nitrogens with zero attached hydrogens (tertiary/aromatic N) is 1. The fraction of sp³-hybridized carbons (Fsp3) is 0.692. The van der Waals surface area contributed by atoms with Crippen molar-refractivity contribution in [1.82, 2.24) is 0 Å². The van der Waals surface area contributed by atoms with E-state index in [4.69, 9.17) is 18.5 Å². The number of unbranched alkanes of at least 4 members (excludes halogenated alkanes) is 29. The second-order valence-electron chi connectivity index (χ2n) is 24.9. The van der Waals surface area contributed by atoms with Crippen molar-refractivity contribution in [2.24, 2.45) is 0 Å². The van der Waals surface area contributed by atoms with Gasteiger partial charge in [0.15, 0.2) is 6.10 Å². The smallest absolute Gasteiger partial charge is 0.306 e. The Labute approximate surface area is 542 Å². The van der Waals surface area contributed by atoms with Crippen LogP contribution in [0.15, 0.2) is 134 Å². The summed E-state index contributed by atoms with van der Waals surface area (Å²) >= 11 is 0. The van der Waals surface area contributed by atoms with Crippen LogP contribution in [0.3, 0.4) is 0 Å². The van der Waals surface area contributed by atoms with Crippen LogP contribution in [0.25, 0.3) is 0 Å². The zero-order valence-corrected chi connectivity index (χ0v) is 58.3. The molecule has 0 aromatic heterocycles. The molecule has 0 spiro atoms. The molecule has 0 bridgehead atoms. The first-order valence-electron chi connectivity index (χ1n) is 35.9. The fourth-order valence-corrected chi connectivity index (χ4v) is 10.4. The molecule has 0 aliphatic rings. The molecule has 0 saturated heterocycles. The number of likely N-dealkylation sites (N-methyl/N-ethyl adjacent to an activating group) is 1. The SMILES string of the molecule is CC/C=C\C/C=C\C/C=C\C/C=C\C/C=C\C/C=C\C/C=C\C/C=C\C/C=C\CCCCCCCCCCCCCC(=O)OC(COC(=O)CCCCCCCCCCCCCCC/C=C\C/C=C\CCCCCCC)COP(=O)([O-])OCC[N+](C)(C)C. The highest BCUT2D eigenvalue weighted by Gasteiger charge is 2.22. The molecule has 0 aliphatic heterocycles. The van der Waals surface area contributed by atoms with E-state index in [1.165, 1.54) is 154 Å². The number of phosphoric ester groups is 1. The first-order chi connectivity index (χ1) is 43.0. The van der Waals surface area contributed by atoms with Gasteiger partial charge in [-0.1, -0.05) is 302 Å². The van der Waals surface area contributed by atoms with Crippen LogP contribution in [0.2, 0.25) is 0 Å². The minimum Gasteiger partial charge on any atom is -0.756 e. The summed E-state index contributed by atoms with van der Waals surface area (Å²) in [6, 6.07) is 0. The van der Waals surface area contributed by atoms with E-state index in [1.807, 2.05) is 21.1 Å².